The first-order chi connectivity index (χ1) is 16.1. The molecule has 166 valence electrons. The van der Waals surface area contributed by atoms with Gasteiger partial charge < -0.3 is 9.80 Å². The first-order valence-corrected chi connectivity index (χ1v) is 11.3. The lowest BCUT2D eigenvalue weighted by molar-refractivity contribution is 0.0784. The number of aromatic nitrogens is 5. The van der Waals surface area contributed by atoms with Gasteiger partial charge in [-0.2, -0.15) is 15.0 Å². The van der Waals surface area contributed by atoms with Crippen molar-refractivity contribution < 1.29 is 4.79 Å². The van der Waals surface area contributed by atoms with Crippen LogP contribution in [0.25, 0.3) is 16.5 Å². The Kier molecular flexibility index (Phi) is 4.60. The molecule has 2 unspecified atom stereocenters. The predicted molar refractivity (Wildman–Crippen MR) is 125 cm³/mol. The number of anilines is 1. The maximum atomic E-state index is 13.7. The van der Waals surface area contributed by atoms with E-state index in [0.717, 1.165) is 60.0 Å². The molecular formula is C25H25N7O. The Bertz CT molecular complexity index is 1310. The van der Waals surface area contributed by atoms with E-state index in [2.05, 4.69) is 25.1 Å². The van der Waals surface area contributed by atoms with Crippen molar-refractivity contribution in [3.05, 3.63) is 71.8 Å². The molecule has 6 rings (SSSR count). The molecule has 8 nitrogen and oxygen atoms in total. The highest BCUT2D eigenvalue weighted by molar-refractivity contribution is 6.10. The topological polar surface area (TPSA) is 80.0 Å². The first kappa shape index (κ1) is 19.8. The van der Waals surface area contributed by atoms with E-state index in [1.165, 1.54) is 0 Å². The summed E-state index contributed by atoms with van der Waals surface area (Å²) in [5.74, 6) is 1.75. The molecule has 33 heavy (non-hydrogen) atoms. The number of nitrogens with zero attached hydrogens (tertiary/aromatic N) is 7. The molecule has 0 bridgehead atoms. The standard InChI is InChI=1S/C25H25N7O/c1-16-11-17(2)29-25(28-16)31-14-19-12-30(13-20(19)15-31)24(33)21-7-3-5-18-6-4-8-22(23(18)21)32-26-9-10-27-32/h3-11,19-20H,12-15H2,1-2H3. The van der Waals surface area contributed by atoms with Crippen molar-refractivity contribution in [2.75, 3.05) is 31.1 Å². The highest BCUT2D eigenvalue weighted by atomic mass is 16.2. The molecule has 4 aromatic rings. The normalized spacial score (nSPS) is 19.9. The lowest BCUT2D eigenvalue weighted by atomic mass is 10.0. The minimum Gasteiger partial charge on any atom is -0.340 e. The smallest absolute Gasteiger partial charge is 0.254 e. The average molecular weight is 440 g/mol. The number of hydrogen-bond donors (Lipinski definition) is 0. The van der Waals surface area contributed by atoms with Crippen LogP contribution in [-0.2, 0) is 0 Å². The van der Waals surface area contributed by atoms with Gasteiger partial charge in [0.15, 0.2) is 0 Å². The van der Waals surface area contributed by atoms with Crippen molar-refractivity contribution in [2.45, 2.75) is 13.8 Å². The Morgan fingerprint density at radius 3 is 2.18 bits per heavy atom. The number of fused-ring (bicyclic) bond motifs is 2. The van der Waals surface area contributed by atoms with Crippen LogP contribution in [0.4, 0.5) is 5.95 Å². The fourth-order valence-electron chi connectivity index (χ4n) is 5.35. The van der Waals surface area contributed by atoms with Crippen LogP contribution in [0.2, 0.25) is 0 Å². The van der Waals surface area contributed by atoms with Gasteiger partial charge in [0.25, 0.3) is 5.91 Å². The summed E-state index contributed by atoms with van der Waals surface area (Å²) >= 11 is 0. The number of carbonyl (C=O) groups excluding carboxylic acids is 1. The van der Waals surface area contributed by atoms with Gasteiger partial charge in [-0.1, -0.05) is 24.3 Å². The molecule has 2 atom stereocenters. The number of benzene rings is 2. The maximum absolute atomic E-state index is 13.7. The number of amides is 1. The predicted octanol–water partition coefficient (Wildman–Crippen LogP) is 3.04. The van der Waals surface area contributed by atoms with E-state index in [1.54, 1.807) is 17.2 Å². The molecule has 0 spiro atoms. The molecule has 0 saturated carbocycles. The zero-order chi connectivity index (χ0) is 22.5. The molecule has 1 amide bonds. The third kappa shape index (κ3) is 3.42. The second-order valence-corrected chi connectivity index (χ2v) is 9.09. The van der Waals surface area contributed by atoms with Crippen molar-refractivity contribution in [3.63, 3.8) is 0 Å². The number of carbonyl (C=O) groups is 1. The molecule has 2 aliphatic rings. The summed E-state index contributed by atoms with van der Waals surface area (Å²) in [4.78, 5) is 28.8. The van der Waals surface area contributed by atoms with Crippen LogP contribution in [0.1, 0.15) is 21.7 Å². The van der Waals surface area contributed by atoms with E-state index in [1.807, 2.05) is 61.2 Å². The van der Waals surface area contributed by atoms with Crippen LogP contribution in [0, 0.1) is 25.7 Å². The van der Waals surface area contributed by atoms with Crippen molar-refractivity contribution in [1.29, 1.82) is 0 Å². The molecule has 0 radical (unpaired) electrons. The van der Waals surface area contributed by atoms with Crippen molar-refractivity contribution in [3.8, 4) is 5.69 Å². The van der Waals surface area contributed by atoms with Gasteiger partial charge in [0.05, 0.1) is 18.1 Å². The van der Waals surface area contributed by atoms with E-state index >= 15 is 0 Å². The van der Waals surface area contributed by atoms with Crippen molar-refractivity contribution >= 4 is 22.6 Å². The van der Waals surface area contributed by atoms with Crippen molar-refractivity contribution in [1.82, 2.24) is 29.9 Å². The summed E-state index contributed by atoms with van der Waals surface area (Å²) in [5, 5.41) is 10.5. The zero-order valence-electron chi connectivity index (χ0n) is 18.7. The lowest BCUT2D eigenvalue weighted by Gasteiger charge is -2.23. The molecule has 0 N–H and O–H groups in total. The Hall–Kier alpha value is -3.81. The molecule has 2 aliphatic heterocycles. The minimum absolute atomic E-state index is 0.0730. The zero-order valence-corrected chi connectivity index (χ0v) is 18.7. The Morgan fingerprint density at radius 1 is 0.879 bits per heavy atom. The van der Waals surface area contributed by atoms with E-state index in [-0.39, 0.29) is 5.91 Å². The highest BCUT2D eigenvalue weighted by Gasteiger charge is 2.42. The van der Waals surface area contributed by atoms with Gasteiger partial charge in [-0.15, -0.1) is 0 Å². The van der Waals surface area contributed by atoms with Gasteiger partial charge in [-0.25, -0.2) is 9.97 Å². The first-order valence-electron chi connectivity index (χ1n) is 11.3. The quantitative estimate of drug-likeness (QED) is 0.488. The highest BCUT2D eigenvalue weighted by Crippen LogP contribution is 2.35. The third-order valence-electron chi connectivity index (χ3n) is 6.77. The summed E-state index contributed by atoms with van der Waals surface area (Å²) in [7, 11) is 0. The van der Waals surface area contributed by atoms with Gasteiger partial charge in [0.2, 0.25) is 5.95 Å². The molecule has 2 saturated heterocycles. The molecular weight excluding hydrogens is 414 g/mol. The molecule has 2 fully saturated rings. The summed E-state index contributed by atoms with van der Waals surface area (Å²) in [6.45, 7) is 7.29. The van der Waals surface area contributed by atoms with Crippen LogP contribution < -0.4 is 4.90 Å². The molecule has 0 aliphatic carbocycles. The summed E-state index contributed by atoms with van der Waals surface area (Å²) in [6, 6.07) is 13.9. The Morgan fingerprint density at radius 2 is 1.52 bits per heavy atom. The third-order valence-corrected chi connectivity index (χ3v) is 6.77. The minimum atomic E-state index is 0.0730. The number of hydrogen-bond acceptors (Lipinski definition) is 6. The van der Waals surface area contributed by atoms with Crippen LogP contribution in [0.3, 0.4) is 0 Å². The van der Waals surface area contributed by atoms with E-state index < -0.39 is 0 Å². The number of aryl methyl sites for hydroxylation is 2. The maximum Gasteiger partial charge on any atom is 0.254 e. The van der Waals surface area contributed by atoms with E-state index in [4.69, 9.17) is 0 Å². The van der Waals surface area contributed by atoms with Crippen LogP contribution in [-0.4, -0.2) is 61.9 Å². The molecule has 8 heteroatoms. The molecule has 2 aromatic heterocycles. The van der Waals surface area contributed by atoms with Crippen molar-refractivity contribution in [2.24, 2.45) is 11.8 Å². The largest absolute Gasteiger partial charge is 0.340 e. The summed E-state index contributed by atoms with van der Waals surface area (Å²) in [5.41, 5.74) is 3.50. The number of rotatable bonds is 3. The van der Waals surface area contributed by atoms with Crippen LogP contribution in [0.5, 0.6) is 0 Å². The van der Waals surface area contributed by atoms with Gasteiger partial charge in [-0.3, -0.25) is 4.79 Å². The summed E-state index contributed by atoms with van der Waals surface area (Å²) < 4.78 is 0. The second kappa shape index (κ2) is 7.65. The van der Waals surface area contributed by atoms with Gasteiger partial charge >= 0.3 is 0 Å². The molecule has 4 heterocycles. The van der Waals surface area contributed by atoms with Crippen LogP contribution >= 0.6 is 0 Å². The Balaban J connectivity index is 1.26. The lowest BCUT2D eigenvalue weighted by Crippen LogP contribution is -2.34. The molecule has 2 aromatic carbocycles. The Labute approximate surface area is 191 Å². The van der Waals surface area contributed by atoms with Gasteiger partial charge in [0, 0.05) is 60.4 Å². The van der Waals surface area contributed by atoms with Gasteiger partial charge in [-0.05, 0) is 37.4 Å². The number of likely N-dealkylation sites (tertiary alicyclic amines) is 1. The fourth-order valence-corrected chi connectivity index (χ4v) is 5.35. The monoisotopic (exact) mass is 439 g/mol. The summed E-state index contributed by atoms with van der Waals surface area (Å²) in [6.07, 6.45) is 3.30. The SMILES string of the molecule is Cc1cc(C)nc(N2CC3CN(C(=O)c4cccc5cccc(-n6nccn6)c45)CC3C2)n1. The van der Waals surface area contributed by atoms with E-state index in [9.17, 15) is 4.79 Å². The van der Waals surface area contributed by atoms with E-state index in [0.29, 0.717) is 17.4 Å². The average Bonchev–Trinajstić information content (AvgIpc) is 3.54. The fraction of sp³-hybridized carbons (Fsp3) is 0.320. The van der Waals surface area contributed by atoms with Crippen LogP contribution in [0.15, 0.2) is 54.9 Å². The second-order valence-electron chi connectivity index (χ2n) is 9.09. The van der Waals surface area contributed by atoms with Gasteiger partial charge in [0.1, 0.15) is 0 Å².